The maximum atomic E-state index is 7.54. The van der Waals surface area contributed by atoms with E-state index in [4.69, 9.17) is 11.1 Å². The Morgan fingerprint density at radius 3 is 2.38 bits per heavy atom. The number of amidine groups is 1. The fraction of sp³-hybridized carbons (Fsp3) is 0.562. The van der Waals surface area contributed by atoms with Gasteiger partial charge in [-0.25, -0.2) is 0 Å². The van der Waals surface area contributed by atoms with Crippen molar-refractivity contribution in [1.29, 1.82) is 5.41 Å². The van der Waals surface area contributed by atoms with Gasteiger partial charge in [-0.05, 0) is 47.0 Å². The van der Waals surface area contributed by atoms with E-state index >= 15 is 0 Å². The highest BCUT2D eigenvalue weighted by Gasteiger charge is 2.26. The van der Waals surface area contributed by atoms with E-state index < -0.39 is 0 Å². The van der Waals surface area contributed by atoms with Crippen LogP contribution in [0.4, 0.5) is 5.69 Å². The SMILES string of the molecule is N=C(N)c1ccc(N2CCN(C3CCCC3)CC2)cc1Br. The molecule has 4 nitrogen and oxygen atoms in total. The number of hydrogen-bond acceptors (Lipinski definition) is 3. The van der Waals surface area contributed by atoms with Crippen LogP contribution in [0.5, 0.6) is 0 Å². The third kappa shape index (κ3) is 3.24. The first kappa shape index (κ1) is 14.9. The van der Waals surface area contributed by atoms with Gasteiger partial charge in [0.25, 0.3) is 0 Å². The molecule has 114 valence electrons. The Hall–Kier alpha value is -1.07. The van der Waals surface area contributed by atoms with Gasteiger partial charge in [-0.15, -0.1) is 0 Å². The topological polar surface area (TPSA) is 56.4 Å². The molecule has 1 aliphatic heterocycles. The lowest BCUT2D eigenvalue weighted by molar-refractivity contribution is 0.187. The van der Waals surface area contributed by atoms with Crippen LogP contribution in [-0.4, -0.2) is 43.0 Å². The van der Waals surface area contributed by atoms with Crippen molar-refractivity contribution in [3.63, 3.8) is 0 Å². The van der Waals surface area contributed by atoms with Gasteiger partial charge < -0.3 is 10.6 Å². The first-order valence-corrected chi connectivity index (χ1v) is 8.57. The molecule has 5 heteroatoms. The van der Waals surface area contributed by atoms with Crippen molar-refractivity contribution in [2.45, 2.75) is 31.7 Å². The Morgan fingerprint density at radius 2 is 1.81 bits per heavy atom. The highest BCUT2D eigenvalue weighted by Crippen LogP contribution is 2.27. The number of hydrogen-bond donors (Lipinski definition) is 2. The largest absolute Gasteiger partial charge is 0.384 e. The Balaban J connectivity index is 1.64. The van der Waals surface area contributed by atoms with Crippen LogP contribution in [0.15, 0.2) is 22.7 Å². The molecule has 3 rings (SSSR count). The summed E-state index contributed by atoms with van der Waals surface area (Å²) in [5.41, 5.74) is 7.55. The van der Waals surface area contributed by atoms with Crippen molar-refractivity contribution in [1.82, 2.24) is 4.90 Å². The Labute approximate surface area is 134 Å². The monoisotopic (exact) mass is 350 g/mol. The summed E-state index contributed by atoms with van der Waals surface area (Å²) in [5, 5.41) is 7.54. The molecule has 2 aliphatic rings. The molecule has 1 saturated heterocycles. The molecule has 0 bridgehead atoms. The minimum absolute atomic E-state index is 0.111. The van der Waals surface area contributed by atoms with Gasteiger partial charge in [0.05, 0.1) is 0 Å². The third-order valence-electron chi connectivity index (χ3n) is 4.76. The number of nitrogens with one attached hydrogen (secondary N) is 1. The van der Waals surface area contributed by atoms with Crippen molar-refractivity contribution in [3.8, 4) is 0 Å². The summed E-state index contributed by atoms with van der Waals surface area (Å²) in [4.78, 5) is 5.10. The summed E-state index contributed by atoms with van der Waals surface area (Å²) < 4.78 is 0.908. The molecule has 1 saturated carbocycles. The molecule has 0 radical (unpaired) electrons. The molecule has 0 aromatic heterocycles. The van der Waals surface area contributed by atoms with E-state index in [1.165, 1.54) is 31.4 Å². The molecule has 0 amide bonds. The van der Waals surface area contributed by atoms with Crippen LogP contribution >= 0.6 is 15.9 Å². The molecule has 3 N–H and O–H groups in total. The van der Waals surface area contributed by atoms with E-state index in [0.717, 1.165) is 42.3 Å². The second-order valence-corrected chi connectivity index (χ2v) is 6.89. The first-order chi connectivity index (χ1) is 10.1. The predicted molar refractivity (Wildman–Crippen MR) is 91.2 cm³/mol. The fourth-order valence-corrected chi connectivity index (χ4v) is 4.11. The van der Waals surface area contributed by atoms with Gasteiger partial charge in [0, 0.05) is 47.9 Å². The number of piperazine rings is 1. The second kappa shape index (κ2) is 6.36. The fourth-order valence-electron chi connectivity index (χ4n) is 3.53. The number of nitrogen functional groups attached to an aromatic ring is 1. The average molecular weight is 351 g/mol. The van der Waals surface area contributed by atoms with Crippen LogP contribution < -0.4 is 10.6 Å². The van der Waals surface area contributed by atoms with E-state index in [1.54, 1.807) is 0 Å². The molecule has 2 fully saturated rings. The van der Waals surface area contributed by atoms with E-state index in [9.17, 15) is 0 Å². The van der Waals surface area contributed by atoms with Gasteiger partial charge in [-0.1, -0.05) is 12.8 Å². The summed E-state index contributed by atoms with van der Waals surface area (Å²) in [6.45, 7) is 4.50. The summed E-state index contributed by atoms with van der Waals surface area (Å²) in [5.74, 6) is 0.111. The van der Waals surface area contributed by atoms with Gasteiger partial charge in [0.15, 0.2) is 0 Å². The maximum Gasteiger partial charge on any atom is 0.123 e. The van der Waals surface area contributed by atoms with Gasteiger partial charge in [0.1, 0.15) is 5.84 Å². The molecule has 1 aromatic carbocycles. The van der Waals surface area contributed by atoms with Gasteiger partial charge >= 0.3 is 0 Å². The minimum Gasteiger partial charge on any atom is -0.384 e. The number of nitrogens with zero attached hydrogens (tertiary/aromatic N) is 2. The molecule has 1 aliphatic carbocycles. The van der Waals surface area contributed by atoms with Crippen molar-refractivity contribution in [3.05, 3.63) is 28.2 Å². The molecular weight excluding hydrogens is 328 g/mol. The molecule has 0 unspecified atom stereocenters. The van der Waals surface area contributed by atoms with Crippen LogP contribution in [0.3, 0.4) is 0 Å². The zero-order chi connectivity index (χ0) is 14.8. The zero-order valence-corrected chi connectivity index (χ0v) is 13.9. The average Bonchev–Trinajstić information content (AvgIpc) is 3.01. The molecule has 0 spiro atoms. The van der Waals surface area contributed by atoms with Crippen LogP contribution in [0.25, 0.3) is 0 Å². The van der Waals surface area contributed by atoms with E-state index in [1.807, 2.05) is 6.07 Å². The molecule has 1 aromatic rings. The Kier molecular flexibility index (Phi) is 4.50. The smallest absolute Gasteiger partial charge is 0.123 e. The number of benzene rings is 1. The molecule has 1 heterocycles. The minimum atomic E-state index is 0.111. The number of nitrogens with two attached hydrogens (primary N) is 1. The van der Waals surface area contributed by atoms with Crippen molar-refractivity contribution in [2.24, 2.45) is 5.73 Å². The molecular formula is C16H23BrN4. The van der Waals surface area contributed by atoms with Crippen molar-refractivity contribution in [2.75, 3.05) is 31.1 Å². The Bertz CT molecular complexity index is 517. The summed E-state index contributed by atoms with van der Waals surface area (Å²) in [7, 11) is 0. The van der Waals surface area contributed by atoms with E-state index in [-0.39, 0.29) is 5.84 Å². The Morgan fingerprint density at radius 1 is 1.14 bits per heavy atom. The van der Waals surface area contributed by atoms with Crippen LogP contribution in [0, 0.1) is 5.41 Å². The lowest BCUT2D eigenvalue weighted by Gasteiger charge is -2.39. The lowest BCUT2D eigenvalue weighted by Crippen LogP contribution is -2.49. The van der Waals surface area contributed by atoms with Gasteiger partial charge in [0.2, 0.25) is 0 Å². The zero-order valence-electron chi connectivity index (χ0n) is 12.3. The lowest BCUT2D eigenvalue weighted by atomic mass is 10.1. The van der Waals surface area contributed by atoms with Crippen LogP contribution in [0.1, 0.15) is 31.2 Å². The van der Waals surface area contributed by atoms with E-state index in [2.05, 4.69) is 37.9 Å². The predicted octanol–water partition coefficient (Wildman–Crippen LogP) is 2.80. The van der Waals surface area contributed by atoms with Gasteiger partial charge in [-0.3, -0.25) is 10.3 Å². The number of halogens is 1. The van der Waals surface area contributed by atoms with Gasteiger partial charge in [-0.2, -0.15) is 0 Å². The summed E-state index contributed by atoms with van der Waals surface area (Å²) in [6, 6.07) is 6.93. The summed E-state index contributed by atoms with van der Waals surface area (Å²) in [6.07, 6.45) is 5.59. The first-order valence-electron chi connectivity index (χ1n) is 7.78. The quantitative estimate of drug-likeness (QED) is 0.650. The van der Waals surface area contributed by atoms with Crippen LogP contribution in [0.2, 0.25) is 0 Å². The number of rotatable bonds is 3. The number of anilines is 1. The molecule has 21 heavy (non-hydrogen) atoms. The summed E-state index contributed by atoms with van der Waals surface area (Å²) >= 11 is 3.52. The third-order valence-corrected chi connectivity index (χ3v) is 5.42. The maximum absolute atomic E-state index is 7.54. The highest BCUT2D eigenvalue weighted by atomic mass is 79.9. The normalized spacial score (nSPS) is 20.9. The van der Waals surface area contributed by atoms with E-state index in [0.29, 0.717) is 0 Å². The van der Waals surface area contributed by atoms with Crippen molar-refractivity contribution < 1.29 is 0 Å². The highest BCUT2D eigenvalue weighted by molar-refractivity contribution is 9.10. The molecule has 0 atom stereocenters. The standard InChI is InChI=1S/C16H23BrN4/c17-15-11-13(5-6-14(15)16(18)19)21-9-7-20(8-10-21)12-3-1-2-4-12/h5-6,11-12H,1-4,7-10H2,(H3,18,19). The van der Waals surface area contributed by atoms with Crippen LogP contribution in [-0.2, 0) is 0 Å². The van der Waals surface area contributed by atoms with Crippen molar-refractivity contribution >= 4 is 27.5 Å². The second-order valence-electron chi connectivity index (χ2n) is 6.04.